The van der Waals surface area contributed by atoms with Gasteiger partial charge in [-0.2, -0.15) is 0 Å². The quantitative estimate of drug-likeness (QED) is 0.502. The Bertz CT molecular complexity index is 1060. The number of allylic oxidation sites excluding steroid dienone is 1. The number of aliphatic imine (C=N–C) groups is 1. The van der Waals surface area contributed by atoms with Crippen molar-refractivity contribution in [1.29, 1.82) is 0 Å². The summed E-state index contributed by atoms with van der Waals surface area (Å²) >= 11 is 1.35. The highest BCUT2D eigenvalue weighted by molar-refractivity contribution is 8.18. The van der Waals surface area contributed by atoms with Crippen LogP contribution in [0.1, 0.15) is 29.2 Å². The molecule has 2 aromatic rings. The third kappa shape index (κ3) is 4.44. The molecule has 0 bridgehead atoms. The monoisotopic (exact) mass is 422 g/mol. The van der Waals surface area contributed by atoms with Crippen LogP contribution in [0.25, 0.3) is 6.08 Å². The van der Waals surface area contributed by atoms with Gasteiger partial charge in [-0.25, -0.2) is 4.99 Å². The molecule has 0 aliphatic carbocycles. The number of aromatic hydroxyl groups is 1. The smallest absolute Gasteiger partial charge is 0.266 e. The van der Waals surface area contributed by atoms with Crippen molar-refractivity contribution < 1.29 is 14.6 Å². The zero-order chi connectivity index (χ0) is 21.8. The molecule has 5 nitrogen and oxygen atoms in total. The molecule has 156 valence electrons. The lowest BCUT2D eigenvalue weighted by molar-refractivity contribution is -0.122. The molecule has 30 heavy (non-hydrogen) atoms. The van der Waals surface area contributed by atoms with Crippen molar-refractivity contribution in [3.8, 4) is 11.5 Å². The van der Waals surface area contributed by atoms with Crippen LogP contribution in [0, 0.1) is 13.8 Å². The Balaban J connectivity index is 1.99. The van der Waals surface area contributed by atoms with Crippen LogP contribution >= 0.6 is 11.8 Å². The Morgan fingerprint density at radius 1 is 1.23 bits per heavy atom. The van der Waals surface area contributed by atoms with Crippen LogP contribution < -0.4 is 4.74 Å². The first-order valence-corrected chi connectivity index (χ1v) is 10.6. The second-order valence-corrected chi connectivity index (χ2v) is 8.06. The van der Waals surface area contributed by atoms with E-state index in [9.17, 15) is 9.90 Å². The Hall–Kier alpha value is -2.99. The van der Waals surface area contributed by atoms with Gasteiger partial charge in [0.25, 0.3) is 5.91 Å². The van der Waals surface area contributed by atoms with Gasteiger partial charge in [0.2, 0.25) is 0 Å². The zero-order valence-corrected chi connectivity index (χ0v) is 18.5. The third-order valence-corrected chi connectivity index (χ3v) is 5.98. The van der Waals surface area contributed by atoms with E-state index >= 15 is 0 Å². The zero-order valence-electron chi connectivity index (χ0n) is 17.7. The van der Waals surface area contributed by atoms with Gasteiger partial charge >= 0.3 is 0 Å². The number of aryl methyl sites for hydroxylation is 2. The maximum absolute atomic E-state index is 13.0. The van der Waals surface area contributed by atoms with Crippen molar-refractivity contribution in [2.45, 2.75) is 27.2 Å². The molecule has 0 atom stereocenters. The number of nitrogens with zero attached hydrogens (tertiary/aromatic N) is 2. The minimum absolute atomic E-state index is 0.0811. The predicted octanol–water partition coefficient (Wildman–Crippen LogP) is 5.37. The molecule has 0 spiro atoms. The Morgan fingerprint density at radius 3 is 2.63 bits per heavy atom. The summed E-state index contributed by atoms with van der Waals surface area (Å²) in [5.41, 5.74) is 4.67. The summed E-state index contributed by atoms with van der Waals surface area (Å²) in [6.07, 6.45) is 4.03. The number of phenolic OH excluding ortho intramolecular Hbond substituents is 1. The fourth-order valence-corrected chi connectivity index (χ4v) is 4.23. The molecule has 1 amide bonds. The molecular formula is C24H26N2O3S. The van der Waals surface area contributed by atoms with E-state index in [-0.39, 0.29) is 11.7 Å². The van der Waals surface area contributed by atoms with E-state index in [0.29, 0.717) is 34.4 Å². The van der Waals surface area contributed by atoms with Gasteiger partial charge in [-0.1, -0.05) is 12.1 Å². The van der Waals surface area contributed by atoms with Crippen molar-refractivity contribution in [3.63, 3.8) is 0 Å². The minimum atomic E-state index is -0.0811. The number of carbonyl (C=O) groups is 1. The molecule has 3 rings (SSSR count). The number of thioether (sulfide) groups is 1. The van der Waals surface area contributed by atoms with Crippen LogP contribution in [0.2, 0.25) is 0 Å². The number of likely N-dealkylation sites (N-methyl/N-ethyl adjacent to an activating group) is 1. The standard InChI is InChI=1S/C24H26N2O3S/c1-6-8-18-12-17(13-20(29-5)22(18)27)14-21-23(28)26(7-2)24(30-21)25-19-10-9-15(3)16(4)11-19/h6,9-14,27H,1,7-8H2,2-5H3. The number of phenols is 1. The topological polar surface area (TPSA) is 62.1 Å². The number of benzene rings is 2. The van der Waals surface area contributed by atoms with Gasteiger partial charge in [0.05, 0.1) is 17.7 Å². The van der Waals surface area contributed by atoms with E-state index in [2.05, 4.69) is 13.5 Å². The summed E-state index contributed by atoms with van der Waals surface area (Å²) in [4.78, 5) is 19.9. The van der Waals surface area contributed by atoms with Crippen LogP contribution in [0.3, 0.4) is 0 Å². The van der Waals surface area contributed by atoms with Crippen LogP contribution in [-0.2, 0) is 11.2 Å². The van der Waals surface area contributed by atoms with Gasteiger partial charge in [-0.15, -0.1) is 6.58 Å². The van der Waals surface area contributed by atoms with Gasteiger partial charge in [0, 0.05) is 12.1 Å². The fraction of sp³-hybridized carbons (Fsp3) is 0.250. The normalized spacial score (nSPS) is 16.5. The summed E-state index contributed by atoms with van der Waals surface area (Å²) in [7, 11) is 1.51. The van der Waals surface area contributed by atoms with Crippen molar-refractivity contribution >= 4 is 34.6 Å². The molecule has 1 fully saturated rings. The molecular weight excluding hydrogens is 396 g/mol. The van der Waals surface area contributed by atoms with E-state index in [4.69, 9.17) is 9.73 Å². The highest BCUT2D eigenvalue weighted by Gasteiger charge is 2.32. The molecule has 1 heterocycles. The average Bonchev–Trinajstić information content (AvgIpc) is 3.01. The maximum Gasteiger partial charge on any atom is 0.266 e. The van der Waals surface area contributed by atoms with E-state index < -0.39 is 0 Å². The molecule has 6 heteroatoms. The number of rotatable bonds is 6. The molecule has 0 unspecified atom stereocenters. The molecule has 1 N–H and O–H groups in total. The van der Waals surface area contributed by atoms with Crippen LogP contribution in [-0.4, -0.2) is 34.7 Å². The molecule has 1 saturated heterocycles. The first-order chi connectivity index (χ1) is 14.4. The first kappa shape index (κ1) is 21.7. The molecule has 0 radical (unpaired) electrons. The average molecular weight is 423 g/mol. The number of ether oxygens (including phenoxy) is 1. The Kier molecular flexibility index (Phi) is 6.67. The number of amides is 1. The second kappa shape index (κ2) is 9.22. The van der Waals surface area contributed by atoms with Crippen molar-refractivity contribution in [2.75, 3.05) is 13.7 Å². The summed E-state index contributed by atoms with van der Waals surface area (Å²) in [6, 6.07) is 9.58. The largest absolute Gasteiger partial charge is 0.504 e. The molecule has 1 aliphatic heterocycles. The first-order valence-electron chi connectivity index (χ1n) is 9.76. The van der Waals surface area contributed by atoms with Crippen LogP contribution in [0.5, 0.6) is 11.5 Å². The number of methoxy groups -OCH3 is 1. The molecule has 2 aromatic carbocycles. The lowest BCUT2D eigenvalue weighted by Crippen LogP contribution is -2.28. The summed E-state index contributed by atoms with van der Waals surface area (Å²) in [5, 5.41) is 11.0. The second-order valence-electron chi connectivity index (χ2n) is 7.05. The van der Waals surface area contributed by atoms with Crippen molar-refractivity contribution in [3.05, 3.63) is 70.1 Å². The van der Waals surface area contributed by atoms with Crippen LogP contribution in [0.4, 0.5) is 5.69 Å². The summed E-state index contributed by atoms with van der Waals surface area (Å²) < 4.78 is 5.29. The molecule has 1 aliphatic rings. The van der Waals surface area contributed by atoms with E-state index in [1.807, 2.05) is 44.2 Å². The Labute approximate surface area is 181 Å². The van der Waals surface area contributed by atoms with E-state index in [0.717, 1.165) is 16.8 Å². The SMILES string of the molecule is C=CCc1cc(C=C2SC(=Nc3ccc(C)c(C)c3)N(CC)C2=O)cc(OC)c1O. The number of hydrogen-bond donors (Lipinski definition) is 1. The summed E-state index contributed by atoms with van der Waals surface area (Å²) in [5.74, 6) is 0.382. The lowest BCUT2D eigenvalue weighted by atomic mass is 10.1. The fourth-order valence-electron chi connectivity index (χ4n) is 3.17. The predicted molar refractivity (Wildman–Crippen MR) is 125 cm³/mol. The number of hydrogen-bond acceptors (Lipinski definition) is 5. The highest BCUT2D eigenvalue weighted by atomic mass is 32.2. The molecule has 0 saturated carbocycles. The van der Waals surface area contributed by atoms with Gasteiger partial charge in [-0.05, 0) is 86.0 Å². The summed E-state index contributed by atoms with van der Waals surface area (Å²) in [6.45, 7) is 10.3. The number of amidine groups is 1. The van der Waals surface area contributed by atoms with Crippen LogP contribution in [0.15, 0.2) is 52.9 Å². The van der Waals surface area contributed by atoms with Gasteiger partial charge in [-0.3, -0.25) is 9.69 Å². The third-order valence-electron chi connectivity index (χ3n) is 4.98. The van der Waals surface area contributed by atoms with Gasteiger partial charge in [0.1, 0.15) is 0 Å². The lowest BCUT2D eigenvalue weighted by Gasteiger charge is -2.12. The Morgan fingerprint density at radius 2 is 2.00 bits per heavy atom. The minimum Gasteiger partial charge on any atom is -0.504 e. The highest BCUT2D eigenvalue weighted by Crippen LogP contribution is 2.37. The van der Waals surface area contributed by atoms with E-state index in [1.54, 1.807) is 17.0 Å². The maximum atomic E-state index is 13.0. The van der Waals surface area contributed by atoms with Crippen molar-refractivity contribution in [1.82, 2.24) is 4.90 Å². The van der Waals surface area contributed by atoms with Gasteiger partial charge < -0.3 is 9.84 Å². The van der Waals surface area contributed by atoms with E-state index in [1.165, 1.54) is 24.4 Å². The van der Waals surface area contributed by atoms with Gasteiger partial charge in [0.15, 0.2) is 16.7 Å². The van der Waals surface area contributed by atoms with Crippen molar-refractivity contribution in [2.24, 2.45) is 4.99 Å². The number of carbonyl (C=O) groups excluding carboxylic acids is 1. The molecule has 0 aromatic heterocycles.